The fourth-order valence-electron chi connectivity index (χ4n) is 3.03. The molecule has 11 nitrogen and oxygen atoms in total. The summed E-state index contributed by atoms with van der Waals surface area (Å²) >= 11 is 0. The fraction of sp³-hybridized carbons (Fsp3) is 0.235. The number of amides is 1. The van der Waals surface area contributed by atoms with Gasteiger partial charge >= 0.3 is 0 Å². The summed E-state index contributed by atoms with van der Waals surface area (Å²) < 4.78 is 11.1. The van der Waals surface area contributed by atoms with E-state index in [0.717, 1.165) is 35.4 Å². The summed E-state index contributed by atoms with van der Waals surface area (Å²) in [6.45, 7) is 1.67. The second-order valence-corrected chi connectivity index (χ2v) is 6.17. The second kappa shape index (κ2) is 7.02. The molecule has 1 aliphatic carbocycles. The van der Waals surface area contributed by atoms with Crippen LogP contribution in [0.1, 0.15) is 33.7 Å². The number of nitrogen functional groups attached to an aromatic ring is 1. The summed E-state index contributed by atoms with van der Waals surface area (Å²) in [7, 11) is 1.64. The van der Waals surface area contributed by atoms with Gasteiger partial charge in [-0.2, -0.15) is 4.68 Å². The lowest BCUT2D eigenvalue weighted by Crippen LogP contribution is -2.37. The first-order chi connectivity index (χ1) is 13.6. The second-order valence-electron chi connectivity index (χ2n) is 6.17. The number of aryl methyl sites for hydroxylation is 1. The predicted molar refractivity (Wildman–Crippen MR) is 98.3 cm³/mol. The number of hydrazine groups is 1. The van der Waals surface area contributed by atoms with E-state index in [1.165, 1.54) is 4.68 Å². The molecule has 11 heteroatoms. The number of ether oxygens (including phenoxy) is 1. The van der Waals surface area contributed by atoms with Crippen LogP contribution in [0.3, 0.4) is 0 Å². The van der Waals surface area contributed by atoms with Gasteiger partial charge in [0.05, 0.1) is 18.5 Å². The molecule has 0 fully saturated rings. The molecule has 28 heavy (non-hydrogen) atoms. The average molecular weight is 382 g/mol. The number of hydrogen-bond donors (Lipinski definition) is 3. The number of carbonyl (C=O) groups excluding carboxylic acids is 1. The Morgan fingerprint density at radius 2 is 2.21 bits per heavy atom. The molecular formula is C17H18N8O3. The van der Waals surface area contributed by atoms with Crippen LogP contribution < -0.4 is 21.3 Å². The number of benzene rings is 1. The number of nitrogens with two attached hydrogens (primary N) is 1. The lowest BCUT2D eigenvalue weighted by atomic mass is 9.95. The van der Waals surface area contributed by atoms with Gasteiger partial charge in [-0.15, -0.1) is 5.10 Å². The normalized spacial score (nSPS) is 12.9. The highest BCUT2D eigenvalue weighted by atomic mass is 16.6. The first kappa shape index (κ1) is 17.5. The van der Waals surface area contributed by atoms with E-state index < -0.39 is 5.91 Å². The largest absolute Gasteiger partial charge is 0.497 e. The van der Waals surface area contributed by atoms with E-state index in [0.29, 0.717) is 5.69 Å². The van der Waals surface area contributed by atoms with Gasteiger partial charge in [-0.1, -0.05) is 11.3 Å². The number of methoxy groups -OCH3 is 1. The van der Waals surface area contributed by atoms with Crippen LogP contribution in [0.5, 0.6) is 5.75 Å². The van der Waals surface area contributed by atoms with E-state index in [-0.39, 0.29) is 17.3 Å². The van der Waals surface area contributed by atoms with Gasteiger partial charge in [0.1, 0.15) is 5.75 Å². The zero-order chi connectivity index (χ0) is 19.7. The van der Waals surface area contributed by atoms with E-state index >= 15 is 0 Å². The molecule has 2 heterocycles. The van der Waals surface area contributed by atoms with Gasteiger partial charge in [0, 0.05) is 5.56 Å². The topological polar surface area (TPSA) is 146 Å². The predicted octanol–water partition coefficient (Wildman–Crippen LogP) is 0.771. The maximum atomic E-state index is 12.6. The Hall–Kier alpha value is -3.89. The van der Waals surface area contributed by atoms with Crippen molar-refractivity contribution >= 4 is 17.4 Å². The number of aromatic nitrogens is 5. The van der Waals surface area contributed by atoms with Crippen LogP contribution in [0.4, 0.5) is 5.82 Å². The third-order valence-corrected chi connectivity index (χ3v) is 4.48. The van der Waals surface area contributed by atoms with Crippen LogP contribution in [-0.2, 0) is 6.42 Å². The van der Waals surface area contributed by atoms with Crippen molar-refractivity contribution in [3.8, 4) is 11.6 Å². The van der Waals surface area contributed by atoms with Crippen molar-refractivity contribution in [2.45, 2.75) is 19.8 Å². The summed E-state index contributed by atoms with van der Waals surface area (Å²) in [4.78, 5) is 12.6. The Kier molecular flexibility index (Phi) is 4.39. The molecule has 0 saturated carbocycles. The highest BCUT2D eigenvalue weighted by Gasteiger charge is 2.21. The van der Waals surface area contributed by atoms with Gasteiger partial charge in [-0.05, 0) is 53.8 Å². The first-order valence-corrected chi connectivity index (χ1v) is 8.53. The number of carbonyl (C=O) groups is 1. The highest BCUT2D eigenvalue weighted by molar-refractivity contribution is 5.93. The molecule has 0 saturated heterocycles. The van der Waals surface area contributed by atoms with Gasteiger partial charge in [-0.3, -0.25) is 15.6 Å². The van der Waals surface area contributed by atoms with Crippen molar-refractivity contribution in [1.82, 2.24) is 36.2 Å². The number of hydrogen-bond acceptors (Lipinski definition) is 9. The standard InChI is InChI=1S/C17H18N8O3/c1-9-14(20-24-25(9)16-15(18)22-28-23-16)17(26)21-19-13-5-3-4-10-8-11(27-2)6-7-12(10)13/h5-8,19H,3-4H2,1-2H3,(H2,18,22)(H,21,26). The number of rotatable bonds is 5. The molecule has 4 N–H and O–H groups in total. The van der Waals surface area contributed by atoms with E-state index in [9.17, 15) is 4.79 Å². The summed E-state index contributed by atoms with van der Waals surface area (Å²) in [5, 5.41) is 15.0. The molecule has 0 bridgehead atoms. The SMILES string of the molecule is COc1ccc2c(c1)CCC=C2NNC(=O)c1nnn(-c2nonc2N)c1C. The monoisotopic (exact) mass is 382 g/mol. The number of nitrogens with zero attached hydrogens (tertiary/aromatic N) is 5. The van der Waals surface area contributed by atoms with Crippen LogP contribution >= 0.6 is 0 Å². The van der Waals surface area contributed by atoms with Crippen molar-refractivity contribution < 1.29 is 14.2 Å². The van der Waals surface area contributed by atoms with E-state index in [2.05, 4.69) is 36.1 Å². The molecule has 0 unspecified atom stereocenters. The van der Waals surface area contributed by atoms with Crippen molar-refractivity contribution in [2.75, 3.05) is 12.8 Å². The lowest BCUT2D eigenvalue weighted by molar-refractivity contribution is 0.0936. The molecule has 0 spiro atoms. The minimum absolute atomic E-state index is 0.0532. The van der Waals surface area contributed by atoms with Crippen molar-refractivity contribution in [3.05, 3.63) is 46.8 Å². The van der Waals surface area contributed by atoms with Crippen LogP contribution in [0.2, 0.25) is 0 Å². The van der Waals surface area contributed by atoms with Crippen molar-refractivity contribution in [2.24, 2.45) is 0 Å². The van der Waals surface area contributed by atoms with Gasteiger partial charge in [0.15, 0.2) is 5.69 Å². The minimum atomic E-state index is -0.444. The third-order valence-electron chi connectivity index (χ3n) is 4.48. The molecule has 1 aliphatic rings. The smallest absolute Gasteiger partial charge is 0.292 e. The van der Waals surface area contributed by atoms with E-state index in [4.69, 9.17) is 10.5 Å². The van der Waals surface area contributed by atoms with Crippen LogP contribution in [0, 0.1) is 6.92 Å². The Bertz CT molecular complexity index is 1070. The Morgan fingerprint density at radius 3 is 2.96 bits per heavy atom. The van der Waals surface area contributed by atoms with Crippen LogP contribution in [0.15, 0.2) is 28.9 Å². The lowest BCUT2D eigenvalue weighted by Gasteiger charge is -2.20. The van der Waals surface area contributed by atoms with E-state index in [1.807, 2.05) is 24.3 Å². The number of anilines is 1. The molecule has 0 radical (unpaired) electrons. The molecule has 4 rings (SSSR count). The number of nitrogens with one attached hydrogen (secondary N) is 2. The average Bonchev–Trinajstić information content (AvgIpc) is 3.30. The number of fused-ring (bicyclic) bond motifs is 1. The molecule has 0 atom stereocenters. The summed E-state index contributed by atoms with van der Waals surface area (Å²) in [5.74, 6) is 0.588. The van der Waals surface area contributed by atoms with Crippen molar-refractivity contribution in [3.63, 3.8) is 0 Å². The quantitative estimate of drug-likeness (QED) is 0.544. The number of allylic oxidation sites excluding steroid dienone is 1. The molecule has 2 aromatic heterocycles. The van der Waals surface area contributed by atoms with E-state index in [1.54, 1.807) is 14.0 Å². The Balaban J connectivity index is 1.50. The van der Waals surface area contributed by atoms with Gasteiger partial charge in [0.2, 0.25) is 11.6 Å². The zero-order valence-corrected chi connectivity index (χ0v) is 15.3. The summed E-state index contributed by atoms with van der Waals surface area (Å²) in [6.07, 6.45) is 3.79. The van der Waals surface area contributed by atoms with Crippen molar-refractivity contribution in [1.29, 1.82) is 0 Å². The summed E-state index contributed by atoms with van der Waals surface area (Å²) in [6, 6.07) is 5.84. The molecule has 1 amide bonds. The molecule has 1 aromatic carbocycles. The Morgan fingerprint density at radius 1 is 1.36 bits per heavy atom. The third kappa shape index (κ3) is 3.02. The first-order valence-electron chi connectivity index (χ1n) is 8.53. The maximum absolute atomic E-state index is 12.6. The van der Waals surface area contributed by atoms with Gasteiger partial charge in [0.25, 0.3) is 5.91 Å². The molecule has 3 aromatic rings. The molecule has 0 aliphatic heterocycles. The fourth-order valence-corrected chi connectivity index (χ4v) is 3.03. The van der Waals surface area contributed by atoms with Gasteiger partial charge < -0.3 is 10.5 Å². The van der Waals surface area contributed by atoms with Gasteiger partial charge in [-0.25, -0.2) is 4.63 Å². The van der Waals surface area contributed by atoms with Crippen LogP contribution in [-0.4, -0.2) is 38.3 Å². The summed E-state index contributed by atoms with van der Waals surface area (Å²) in [5.41, 5.74) is 14.8. The maximum Gasteiger partial charge on any atom is 0.292 e. The zero-order valence-electron chi connectivity index (χ0n) is 15.3. The molecule has 144 valence electrons. The Labute approximate surface area is 159 Å². The van der Waals surface area contributed by atoms with Crippen LogP contribution in [0.25, 0.3) is 11.5 Å². The highest BCUT2D eigenvalue weighted by Crippen LogP contribution is 2.27. The minimum Gasteiger partial charge on any atom is -0.497 e. The molecular weight excluding hydrogens is 364 g/mol.